The van der Waals surface area contributed by atoms with E-state index in [2.05, 4.69) is 9.88 Å². The Morgan fingerprint density at radius 2 is 2.13 bits per heavy atom. The molecule has 0 unspecified atom stereocenters. The molecule has 2 aliphatic rings. The highest BCUT2D eigenvalue weighted by Crippen LogP contribution is 2.30. The van der Waals surface area contributed by atoms with Gasteiger partial charge in [0, 0.05) is 56.1 Å². The van der Waals surface area contributed by atoms with Crippen LogP contribution in [0.3, 0.4) is 0 Å². The van der Waals surface area contributed by atoms with Crippen molar-refractivity contribution in [3.63, 3.8) is 0 Å². The van der Waals surface area contributed by atoms with Gasteiger partial charge in [-0.3, -0.25) is 9.58 Å². The van der Waals surface area contributed by atoms with Gasteiger partial charge in [0.1, 0.15) is 12.3 Å². The van der Waals surface area contributed by atoms with Gasteiger partial charge in [-0.1, -0.05) is 18.9 Å². The van der Waals surface area contributed by atoms with E-state index in [1.807, 2.05) is 29.9 Å². The van der Waals surface area contributed by atoms with Gasteiger partial charge >= 0.3 is 0 Å². The highest BCUT2D eigenvalue weighted by Gasteiger charge is 2.29. The summed E-state index contributed by atoms with van der Waals surface area (Å²) in [5, 5.41) is 4.71. The van der Waals surface area contributed by atoms with E-state index in [0.717, 1.165) is 31.2 Å². The van der Waals surface area contributed by atoms with Crippen molar-refractivity contribution in [3.8, 4) is 5.88 Å². The molecule has 0 saturated heterocycles. The molecule has 1 fully saturated rings. The van der Waals surface area contributed by atoms with Crippen molar-refractivity contribution in [2.75, 3.05) is 6.54 Å². The number of pyridine rings is 1. The smallest absolute Gasteiger partial charge is 0.213 e. The molecule has 4 rings (SSSR count). The Labute approximate surface area is 137 Å². The number of aromatic nitrogens is 3. The van der Waals surface area contributed by atoms with Crippen LogP contribution < -0.4 is 4.74 Å². The summed E-state index contributed by atoms with van der Waals surface area (Å²) in [5.41, 5.74) is 3.82. The molecule has 0 atom stereocenters. The van der Waals surface area contributed by atoms with Crippen molar-refractivity contribution >= 4 is 0 Å². The van der Waals surface area contributed by atoms with Crippen LogP contribution in [0.4, 0.5) is 0 Å². The first kappa shape index (κ1) is 14.7. The van der Waals surface area contributed by atoms with E-state index >= 15 is 0 Å². The third-order valence-corrected chi connectivity index (χ3v) is 5.19. The average Bonchev–Trinajstić information content (AvgIpc) is 3.22. The van der Waals surface area contributed by atoms with Gasteiger partial charge in [0.2, 0.25) is 5.88 Å². The van der Waals surface area contributed by atoms with Crippen LogP contribution in [0.1, 0.15) is 42.6 Å². The van der Waals surface area contributed by atoms with Gasteiger partial charge in [-0.2, -0.15) is 5.10 Å². The first-order valence-electron chi connectivity index (χ1n) is 8.63. The molecular formula is C18H24N4O. The van der Waals surface area contributed by atoms with Crippen LogP contribution in [0.5, 0.6) is 5.88 Å². The molecule has 2 aromatic rings. The Balaban J connectivity index is 1.50. The maximum absolute atomic E-state index is 5.83. The molecule has 0 aromatic carbocycles. The van der Waals surface area contributed by atoms with E-state index in [0.29, 0.717) is 12.5 Å². The summed E-state index contributed by atoms with van der Waals surface area (Å²) in [4.78, 5) is 6.88. The summed E-state index contributed by atoms with van der Waals surface area (Å²) in [6.45, 7) is 2.69. The maximum Gasteiger partial charge on any atom is 0.213 e. The zero-order valence-electron chi connectivity index (χ0n) is 13.7. The van der Waals surface area contributed by atoms with Crippen molar-refractivity contribution in [2.24, 2.45) is 7.05 Å². The van der Waals surface area contributed by atoms with Crippen LogP contribution in [0.2, 0.25) is 0 Å². The third-order valence-electron chi connectivity index (χ3n) is 5.19. The topological polar surface area (TPSA) is 43.2 Å². The summed E-state index contributed by atoms with van der Waals surface area (Å²) in [5.74, 6) is 0.662. The fraction of sp³-hybridized carbons (Fsp3) is 0.556. The summed E-state index contributed by atoms with van der Waals surface area (Å²) in [6.07, 6.45) is 8.34. The molecule has 23 heavy (non-hydrogen) atoms. The number of ether oxygens (including phenoxy) is 1. The predicted octanol–water partition coefficient (Wildman–Crippen LogP) is 2.69. The normalized spacial score (nSPS) is 19.0. The standard InChI is InChI=1S/C18H24N4O/c1-21-17-9-11-22(14-6-2-3-7-14)12-15(17)16(20-21)13-23-18-8-4-5-10-19-18/h4-5,8,10,14H,2-3,6-7,9,11-13H2,1H3. The van der Waals surface area contributed by atoms with E-state index in [1.54, 1.807) is 6.20 Å². The van der Waals surface area contributed by atoms with E-state index in [-0.39, 0.29) is 0 Å². The molecule has 122 valence electrons. The SMILES string of the molecule is Cn1nc(COc2ccccn2)c2c1CCN(C1CCCC1)C2. The van der Waals surface area contributed by atoms with Gasteiger partial charge in [0.25, 0.3) is 0 Å². The first-order valence-corrected chi connectivity index (χ1v) is 8.63. The summed E-state index contributed by atoms with van der Waals surface area (Å²) in [6, 6.07) is 6.50. The second-order valence-corrected chi connectivity index (χ2v) is 6.61. The largest absolute Gasteiger partial charge is 0.471 e. The number of hydrogen-bond donors (Lipinski definition) is 0. The highest BCUT2D eigenvalue weighted by atomic mass is 16.5. The second-order valence-electron chi connectivity index (χ2n) is 6.61. The molecule has 1 aliphatic carbocycles. The molecule has 3 heterocycles. The van der Waals surface area contributed by atoms with Gasteiger partial charge in [-0.25, -0.2) is 4.98 Å². The zero-order valence-corrected chi connectivity index (χ0v) is 13.7. The van der Waals surface area contributed by atoms with Crippen LogP contribution in [-0.2, 0) is 26.6 Å². The fourth-order valence-corrected chi connectivity index (χ4v) is 3.96. The Hall–Kier alpha value is -1.88. The summed E-state index contributed by atoms with van der Waals surface area (Å²) in [7, 11) is 2.05. The maximum atomic E-state index is 5.83. The van der Waals surface area contributed by atoms with Crippen molar-refractivity contribution in [2.45, 2.75) is 51.3 Å². The van der Waals surface area contributed by atoms with E-state index < -0.39 is 0 Å². The number of rotatable bonds is 4. The minimum absolute atomic E-state index is 0.499. The third kappa shape index (κ3) is 2.98. The molecule has 0 amide bonds. The van der Waals surface area contributed by atoms with Gasteiger partial charge < -0.3 is 4.74 Å². The molecule has 5 heteroatoms. The number of nitrogens with zero attached hydrogens (tertiary/aromatic N) is 4. The van der Waals surface area contributed by atoms with E-state index in [1.165, 1.54) is 36.9 Å². The van der Waals surface area contributed by atoms with Crippen LogP contribution in [0.15, 0.2) is 24.4 Å². The minimum atomic E-state index is 0.499. The Morgan fingerprint density at radius 3 is 2.91 bits per heavy atom. The lowest BCUT2D eigenvalue weighted by molar-refractivity contribution is 0.177. The lowest BCUT2D eigenvalue weighted by Gasteiger charge is -2.32. The van der Waals surface area contributed by atoms with Crippen LogP contribution in [-0.4, -0.2) is 32.3 Å². The molecule has 0 bridgehead atoms. The Morgan fingerprint density at radius 1 is 1.26 bits per heavy atom. The summed E-state index contributed by atoms with van der Waals surface area (Å²) >= 11 is 0. The molecule has 5 nitrogen and oxygen atoms in total. The van der Waals surface area contributed by atoms with Gasteiger partial charge in [0.15, 0.2) is 0 Å². The predicted molar refractivity (Wildman–Crippen MR) is 88.1 cm³/mol. The van der Waals surface area contributed by atoms with Gasteiger partial charge in [-0.15, -0.1) is 0 Å². The molecule has 2 aromatic heterocycles. The zero-order chi connectivity index (χ0) is 15.6. The van der Waals surface area contributed by atoms with Crippen LogP contribution >= 0.6 is 0 Å². The van der Waals surface area contributed by atoms with Crippen molar-refractivity contribution in [1.29, 1.82) is 0 Å². The molecule has 0 spiro atoms. The van der Waals surface area contributed by atoms with E-state index in [4.69, 9.17) is 9.84 Å². The van der Waals surface area contributed by atoms with Crippen LogP contribution in [0, 0.1) is 0 Å². The minimum Gasteiger partial charge on any atom is -0.471 e. The molecular weight excluding hydrogens is 288 g/mol. The molecule has 0 N–H and O–H groups in total. The lowest BCUT2D eigenvalue weighted by Crippen LogP contribution is -2.38. The number of fused-ring (bicyclic) bond motifs is 1. The molecule has 0 radical (unpaired) electrons. The van der Waals surface area contributed by atoms with Crippen molar-refractivity contribution in [3.05, 3.63) is 41.3 Å². The van der Waals surface area contributed by atoms with Gasteiger partial charge in [0.05, 0.1) is 0 Å². The summed E-state index contributed by atoms with van der Waals surface area (Å²) < 4.78 is 7.87. The quantitative estimate of drug-likeness (QED) is 0.870. The molecule has 1 aliphatic heterocycles. The average molecular weight is 312 g/mol. The monoisotopic (exact) mass is 312 g/mol. The van der Waals surface area contributed by atoms with Crippen LogP contribution in [0.25, 0.3) is 0 Å². The fourth-order valence-electron chi connectivity index (χ4n) is 3.96. The molecule has 1 saturated carbocycles. The highest BCUT2D eigenvalue weighted by molar-refractivity contribution is 5.29. The van der Waals surface area contributed by atoms with Crippen molar-refractivity contribution < 1.29 is 4.74 Å². The Kier molecular flexibility index (Phi) is 4.04. The number of hydrogen-bond acceptors (Lipinski definition) is 4. The number of aryl methyl sites for hydroxylation is 1. The van der Waals surface area contributed by atoms with E-state index in [9.17, 15) is 0 Å². The second kappa shape index (κ2) is 6.32. The Bertz CT molecular complexity index is 661. The van der Waals surface area contributed by atoms with Gasteiger partial charge in [-0.05, 0) is 18.9 Å². The lowest BCUT2D eigenvalue weighted by atomic mass is 10.0. The van der Waals surface area contributed by atoms with Crippen molar-refractivity contribution in [1.82, 2.24) is 19.7 Å². The first-order chi connectivity index (χ1) is 11.3.